The average molecular weight is 373 g/mol. The van der Waals surface area contributed by atoms with Crippen molar-refractivity contribution in [1.29, 1.82) is 0 Å². The van der Waals surface area contributed by atoms with Crippen molar-refractivity contribution in [2.45, 2.75) is 54.6 Å². The van der Waals surface area contributed by atoms with Gasteiger partial charge in [-0.3, -0.25) is 0 Å². The van der Waals surface area contributed by atoms with Crippen molar-refractivity contribution in [1.82, 2.24) is 30.2 Å². The minimum Gasteiger partial charge on any atom is -0.363 e. The van der Waals surface area contributed by atoms with Gasteiger partial charge >= 0.3 is 6.18 Å². The van der Waals surface area contributed by atoms with Crippen molar-refractivity contribution in [3.8, 4) is 0 Å². The summed E-state index contributed by atoms with van der Waals surface area (Å²) >= 11 is 0.954. The normalized spacial score (nSPS) is 16.2. The van der Waals surface area contributed by atoms with E-state index in [1.165, 1.54) is 11.3 Å². The summed E-state index contributed by atoms with van der Waals surface area (Å²) in [6, 6.07) is 1.10. The lowest BCUT2D eigenvalue weighted by atomic mass is 9.96. The second-order valence-electron chi connectivity index (χ2n) is 6.09. The number of aromatic nitrogens is 6. The number of halogens is 3. The second-order valence-corrected chi connectivity index (χ2v) is 7.02. The lowest BCUT2D eigenvalue weighted by Gasteiger charge is -2.22. The van der Waals surface area contributed by atoms with Crippen LogP contribution in [0.3, 0.4) is 0 Å². The number of tetrazole rings is 1. The first-order chi connectivity index (χ1) is 11.8. The first-order valence-corrected chi connectivity index (χ1v) is 8.75. The van der Waals surface area contributed by atoms with Gasteiger partial charge in [0.05, 0.1) is 6.04 Å². The molecule has 0 unspecified atom stereocenters. The summed E-state index contributed by atoms with van der Waals surface area (Å²) in [4.78, 5) is 9.32. The number of anilines is 1. The average Bonchev–Trinajstić information content (AvgIpc) is 3.02. The Labute approximate surface area is 147 Å². The molecule has 0 atom stereocenters. The smallest absolute Gasteiger partial charge is 0.363 e. The molecule has 0 spiro atoms. The number of alkyl halides is 3. The molecule has 25 heavy (non-hydrogen) atoms. The van der Waals surface area contributed by atoms with Gasteiger partial charge in [-0.1, -0.05) is 19.3 Å². The third kappa shape index (κ3) is 4.20. The van der Waals surface area contributed by atoms with Gasteiger partial charge in [-0.15, -0.1) is 5.10 Å². The lowest BCUT2D eigenvalue weighted by molar-refractivity contribution is -0.141. The van der Waals surface area contributed by atoms with E-state index in [9.17, 15) is 13.2 Å². The summed E-state index contributed by atoms with van der Waals surface area (Å²) in [5.41, 5.74) is -0.981. The maximum absolute atomic E-state index is 13.1. The first-order valence-electron chi connectivity index (χ1n) is 7.94. The summed E-state index contributed by atoms with van der Waals surface area (Å²) in [7, 11) is 3.26. The van der Waals surface area contributed by atoms with Gasteiger partial charge in [0.15, 0.2) is 10.9 Å². The van der Waals surface area contributed by atoms with Gasteiger partial charge in [0, 0.05) is 20.2 Å². The molecule has 2 aromatic heterocycles. The van der Waals surface area contributed by atoms with Gasteiger partial charge in [0.2, 0.25) is 5.16 Å². The van der Waals surface area contributed by atoms with E-state index in [0.29, 0.717) is 5.16 Å². The fourth-order valence-corrected chi connectivity index (χ4v) is 3.52. The fraction of sp³-hybridized carbons (Fsp3) is 0.643. The van der Waals surface area contributed by atoms with Crippen LogP contribution in [0.25, 0.3) is 0 Å². The fourth-order valence-electron chi connectivity index (χ4n) is 2.72. The molecular formula is C14H18F3N7S. The molecule has 11 heteroatoms. The molecule has 0 amide bonds. The van der Waals surface area contributed by atoms with Crippen LogP contribution in [0.5, 0.6) is 0 Å². The van der Waals surface area contributed by atoms with Gasteiger partial charge in [0.1, 0.15) is 5.82 Å². The van der Waals surface area contributed by atoms with Crippen molar-refractivity contribution in [2.24, 2.45) is 0 Å². The molecule has 136 valence electrons. The Morgan fingerprint density at radius 3 is 2.52 bits per heavy atom. The SMILES string of the molecule is CN(C)c1cc(C(F)(F)F)nc(Sc2nnnn2C2CCCCC2)n1. The van der Waals surface area contributed by atoms with Crippen molar-refractivity contribution < 1.29 is 13.2 Å². The van der Waals surface area contributed by atoms with Crippen molar-refractivity contribution >= 4 is 17.6 Å². The van der Waals surface area contributed by atoms with E-state index in [-0.39, 0.29) is 17.0 Å². The van der Waals surface area contributed by atoms with E-state index >= 15 is 0 Å². The van der Waals surface area contributed by atoms with E-state index in [0.717, 1.165) is 43.5 Å². The highest BCUT2D eigenvalue weighted by Crippen LogP contribution is 2.34. The zero-order chi connectivity index (χ0) is 18.0. The topological polar surface area (TPSA) is 72.6 Å². The first kappa shape index (κ1) is 17.9. The van der Waals surface area contributed by atoms with Crippen LogP contribution in [-0.2, 0) is 6.18 Å². The highest BCUT2D eigenvalue weighted by molar-refractivity contribution is 7.99. The van der Waals surface area contributed by atoms with E-state index < -0.39 is 11.9 Å². The third-order valence-corrected chi connectivity index (χ3v) is 4.82. The lowest BCUT2D eigenvalue weighted by Crippen LogP contribution is -2.17. The standard InChI is InChI=1S/C14H18F3N7S/c1-23(2)11-8-10(14(15,16)17)18-12(19-11)25-13-20-21-22-24(13)9-6-4-3-5-7-9/h8-9H,3-7H2,1-2H3. The summed E-state index contributed by atoms with van der Waals surface area (Å²) in [6.07, 6.45) is 0.761. The molecule has 1 aliphatic carbocycles. The second kappa shape index (κ2) is 7.14. The number of hydrogen-bond acceptors (Lipinski definition) is 7. The molecule has 0 N–H and O–H groups in total. The van der Waals surface area contributed by atoms with E-state index in [1.807, 2.05) is 0 Å². The molecule has 2 heterocycles. The summed E-state index contributed by atoms with van der Waals surface area (Å²) in [5, 5.41) is 12.0. The maximum atomic E-state index is 13.1. The maximum Gasteiger partial charge on any atom is 0.433 e. The minimum atomic E-state index is -4.54. The quantitative estimate of drug-likeness (QED) is 0.762. The third-order valence-electron chi connectivity index (χ3n) is 4.01. The van der Waals surface area contributed by atoms with Gasteiger partial charge < -0.3 is 4.90 Å². The molecule has 2 aromatic rings. The molecule has 1 fully saturated rings. The monoisotopic (exact) mass is 373 g/mol. The summed E-state index contributed by atoms with van der Waals surface area (Å²) in [5.74, 6) is 0.182. The van der Waals surface area contributed by atoms with Crippen LogP contribution in [0.15, 0.2) is 16.4 Å². The van der Waals surface area contributed by atoms with Gasteiger partial charge in [0.25, 0.3) is 0 Å². The number of hydrogen-bond donors (Lipinski definition) is 0. The van der Waals surface area contributed by atoms with Crippen LogP contribution in [0, 0.1) is 0 Å². The molecule has 7 nitrogen and oxygen atoms in total. The molecule has 1 aliphatic rings. The molecule has 3 rings (SSSR count). The Bertz CT molecular complexity index is 725. The van der Waals surface area contributed by atoms with Crippen LogP contribution in [0.2, 0.25) is 0 Å². The predicted molar refractivity (Wildman–Crippen MR) is 85.4 cm³/mol. The zero-order valence-electron chi connectivity index (χ0n) is 13.9. The molecular weight excluding hydrogens is 355 g/mol. The number of rotatable bonds is 4. The van der Waals surface area contributed by atoms with Crippen molar-refractivity contribution in [3.05, 3.63) is 11.8 Å². The van der Waals surface area contributed by atoms with Crippen LogP contribution >= 0.6 is 11.8 Å². The largest absolute Gasteiger partial charge is 0.433 e. The van der Waals surface area contributed by atoms with Crippen molar-refractivity contribution in [3.63, 3.8) is 0 Å². The van der Waals surface area contributed by atoms with Crippen LogP contribution in [0.1, 0.15) is 43.8 Å². The van der Waals surface area contributed by atoms with Crippen LogP contribution in [0.4, 0.5) is 19.0 Å². The molecule has 0 radical (unpaired) electrons. The Hall–Kier alpha value is -1.91. The highest BCUT2D eigenvalue weighted by Gasteiger charge is 2.34. The van der Waals surface area contributed by atoms with Gasteiger partial charge in [-0.05, 0) is 35.0 Å². The van der Waals surface area contributed by atoms with Crippen molar-refractivity contribution in [2.75, 3.05) is 19.0 Å². The Balaban J connectivity index is 1.90. The molecule has 0 bridgehead atoms. The zero-order valence-corrected chi connectivity index (χ0v) is 14.7. The Morgan fingerprint density at radius 1 is 1.16 bits per heavy atom. The van der Waals surface area contributed by atoms with Crippen LogP contribution < -0.4 is 4.90 Å². The van der Waals surface area contributed by atoms with E-state index in [2.05, 4.69) is 25.5 Å². The van der Waals surface area contributed by atoms with E-state index in [1.54, 1.807) is 18.8 Å². The summed E-state index contributed by atoms with van der Waals surface area (Å²) < 4.78 is 41.0. The van der Waals surface area contributed by atoms with Gasteiger partial charge in [-0.2, -0.15) is 13.2 Å². The predicted octanol–water partition coefficient (Wildman–Crippen LogP) is 3.20. The Morgan fingerprint density at radius 2 is 1.88 bits per heavy atom. The van der Waals surface area contributed by atoms with E-state index in [4.69, 9.17) is 0 Å². The van der Waals surface area contributed by atoms with Crippen LogP contribution in [-0.4, -0.2) is 44.3 Å². The number of nitrogens with zero attached hydrogens (tertiary/aromatic N) is 7. The molecule has 0 saturated heterocycles. The molecule has 1 saturated carbocycles. The summed E-state index contributed by atoms with van der Waals surface area (Å²) in [6.45, 7) is 0. The molecule has 0 aromatic carbocycles. The molecule has 0 aliphatic heterocycles. The Kier molecular flexibility index (Phi) is 5.11. The van der Waals surface area contributed by atoms with Gasteiger partial charge in [-0.25, -0.2) is 14.6 Å². The minimum absolute atomic E-state index is 0.0228. The highest BCUT2D eigenvalue weighted by atomic mass is 32.2.